The Bertz CT molecular complexity index is 700. The van der Waals surface area contributed by atoms with Crippen LogP contribution in [0.1, 0.15) is 52.1 Å². The molecule has 0 atom stereocenters. The lowest BCUT2D eigenvalue weighted by molar-refractivity contribution is -0.141. The van der Waals surface area contributed by atoms with E-state index in [1.165, 1.54) is 6.20 Å². The molecule has 0 bridgehead atoms. The van der Waals surface area contributed by atoms with E-state index >= 15 is 0 Å². The van der Waals surface area contributed by atoms with Gasteiger partial charge in [-0.05, 0) is 51.9 Å². The lowest BCUT2D eigenvalue weighted by Gasteiger charge is -2.47. The highest BCUT2D eigenvalue weighted by Crippen LogP contribution is 2.42. The van der Waals surface area contributed by atoms with Crippen LogP contribution in [0.4, 0.5) is 23.8 Å². The number of hydrogen-bond acceptors (Lipinski definition) is 5. The van der Waals surface area contributed by atoms with Gasteiger partial charge in [0, 0.05) is 26.2 Å². The number of likely N-dealkylation sites (tertiary alicyclic amines) is 1. The minimum absolute atomic E-state index is 0.129. The summed E-state index contributed by atoms with van der Waals surface area (Å²) in [6, 6.07) is 0. The van der Waals surface area contributed by atoms with Crippen molar-refractivity contribution in [3.8, 4) is 0 Å². The van der Waals surface area contributed by atoms with Crippen LogP contribution in [-0.4, -0.2) is 52.7 Å². The van der Waals surface area contributed by atoms with E-state index < -0.39 is 17.5 Å². The van der Waals surface area contributed by atoms with Crippen LogP contribution >= 0.6 is 0 Å². The Morgan fingerprint density at radius 1 is 1.04 bits per heavy atom. The number of aromatic nitrogens is 2. The van der Waals surface area contributed by atoms with E-state index in [4.69, 9.17) is 4.74 Å². The first-order valence-corrected chi connectivity index (χ1v) is 9.60. The summed E-state index contributed by atoms with van der Waals surface area (Å²) in [5.74, 6) is 0.274. The number of ether oxygens (including phenoxy) is 1. The molecule has 1 amide bonds. The highest BCUT2D eigenvalue weighted by atomic mass is 19.4. The van der Waals surface area contributed by atoms with Crippen LogP contribution in [0.2, 0.25) is 0 Å². The lowest BCUT2D eigenvalue weighted by Crippen LogP contribution is -2.49. The molecular weight excluding hydrogens is 373 g/mol. The summed E-state index contributed by atoms with van der Waals surface area (Å²) < 4.78 is 44.0. The van der Waals surface area contributed by atoms with Crippen molar-refractivity contribution < 1.29 is 22.7 Å². The van der Waals surface area contributed by atoms with Crippen LogP contribution < -0.4 is 4.90 Å². The third-order valence-electron chi connectivity index (χ3n) is 5.54. The number of amides is 1. The van der Waals surface area contributed by atoms with Crippen LogP contribution in [0, 0.1) is 5.41 Å². The van der Waals surface area contributed by atoms with Crippen molar-refractivity contribution in [2.24, 2.45) is 5.41 Å². The zero-order chi connectivity index (χ0) is 20.6. The van der Waals surface area contributed by atoms with Gasteiger partial charge in [0.25, 0.3) is 0 Å². The third-order valence-corrected chi connectivity index (χ3v) is 5.54. The average molecular weight is 400 g/mol. The van der Waals surface area contributed by atoms with Crippen molar-refractivity contribution in [2.75, 3.05) is 31.1 Å². The van der Waals surface area contributed by atoms with E-state index in [0.29, 0.717) is 26.2 Å². The first kappa shape index (κ1) is 20.7. The molecule has 0 aromatic carbocycles. The monoisotopic (exact) mass is 400 g/mol. The third kappa shape index (κ3) is 4.86. The van der Waals surface area contributed by atoms with Gasteiger partial charge >= 0.3 is 12.3 Å². The second kappa shape index (κ2) is 7.40. The molecular formula is C19H27F3N4O2. The molecule has 0 saturated carbocycles. The van der Waals surface area contributed by atoms with Crippen molar-refractivity contribution in [1.29, 1.82) is 0 Å². The molecule has 9 heteroatoms. The molecule has 156 valence electrons. The minimum Gasteiger partial charge on any atom is -0.444 e. The number of rotatable bonds is 1. The molecule has 3 heterocycles. The maximum Gasteiger partial charge on any atom is 0.434 e. The first-order chi connectivity index (χ1) is 13.0. The van der Waals surface area contributed by atoms with Crippen LogP contribution in [0.15, 0.2) is 12.4 Å². The Hall–Kier alpha value is -2.06. The smallest absolute Gasteiger partial charge is 0.434 e. The summed E-state index contributed by atoms with van der Waals surface area (Å²) in [5.41, 5.74) is -1.34. The van der Waals surface area contributed by atoms with E-state index in [-0.39, 0.29) is 17.3 Å². The maximum atomic E-state index is 12.9. The van der Waals surface area contributed by atoms with Crippen molar-refractivity contribution in [1.82, 2.24) is 14.9 Å². The minimum atomic E-state index is -4.49. The Morgan fingerprint density at radius 2 is 1.61 bits per heavy atom. The highest BCUT2D eigenvalue weighted by Gasteiger charge is 2.40. The molecule has 2 aliphatic rings. The number of carbonyl (C=O) groups excluding carboxylic acids is 1. The molecule has 1 aromatic heterocycles. The summed E-state index contributed by atoms with van der Waals surface area (Å²) in [6.45, 7) is 8.13. The molecule has 6 nitrogen and oxygen atoms in total. The summed E-state index contributed by atoms with van der Waals surface area (Å²) in [7, 11) is 0. The molecule has 2 saturated heterocycles. The number of piperidine rings is 2. The van der Waals surface area contributed by atoms with Crippen LogP contribution in [0.25, 0.3) is 0 Å². The van der Waals surface area contributed by atoms with Gasteiger partial charge in [0.1, 0.15) is 11.4 Å². The predicted octanol–water partition coefficient (Wildman–Crippen LogP) is 4.11. The highest BCUT2D eigenvalue weighted by molar-refractivity contribution is 5.68. The number of alkyl halides is 3. The zero-order valence-electron chi connectivity index (χ0n) is 16.6. The quantitative estimate of drug-likeness (QED) is 0.710. The second-order valence-electron chi connectivity index (χ2n) is 8.71. The van der Waals surface area contributed by atoms with Gasteiger partial charge in [-0.2, -0.15) is 13.2 Å². The topological polar surface area (TPSA) is 58.6 Å². The predicted molar refractivity (Wildman–Crippen MR) is 98.0 cm³/mol. The Morgan fingerprint density at radius 3 is 2.14 bits per heavy atom. The largest absolute Gasteiger partial charge is 0.444 e. The zero-order valence-corrected chi connectivity index (χ0v) is 16.6. The van der Waals surface area contributed by atoms with Gasteiger partial charge in [0.2, 0.25) is 0 Å². The molecule has 0 unspecified atom stereocenters. The molecule has 3 rings (SSSR count). The van der Waals surface area contributed by atoms with E-state index in [1.54, 1.807) is 4.90 Å². The molecule has 1 aromatic rings. The maximum absolute atomic E-state index is 12.9. The average Bonchev–Trinajstić information content (AvgIpc) is 2.61. The SMILES string of the molecule is CC(C)(C)OC(=O)N1CCC2(CC1)CCN(c1cncc(C(F)(F)F)n1)CC2. The van der Waals surface area contributed by atoms with Gasteiger partial charge in [0.15, 0.2) is 5.69 Å². The molecule has 0 radical (unpaired) electrons. The first-order valence-electron chi connectivity index (χ1n) is 9.60. The number of hydrogen-bond donors (Lipinski definition) is 0. The summed E-state index contributed by atoms with van der Waals surface area (Å²) in [4.78, 5) is 23.3. The standard InChI is InChI=1S/C19H27F3N4O2/c1-17(2,3)28-16(27)26-10-6-18(7-11-26)4-8-25(9-5-18)15-13-23-12-14(24-15)19(20,21)22/h12-13H,4-11H2,1-3H3. The molecule has 28 heavy (non-hydrogen) atoms. The van der Waals surface area contributed by atoms with Gasteiger partial charge in [0.05, 0.1) is 12.4 Å². The second-order valence-corrected chi connectivity index (χ2v) is 8.71. The van der Waals surface area contributed by atoms with Gasteiger partial charge in [-0.15, -0.1) is 0 Å². The van der Waals surface area contributed by atoms with Crippen LogP contribution in [0.5, 0.6) is 0 Å². The van der Waals surface area contributed by atoms with Gasteiger partial charge in [-0.25, -0.2) is 9.78 Å². The number of carbonyl (C=O) groups is 1. The number of halogens is 3. The summed E-state index contributed by atoms with van der Waals surface area (Å²) in [5, 5.41) is 0. The summed E-state index contributed by atoms with van der Waals surface area (Å²) in [6.07, 6.45) is 0.871. The number of nitrogens with zero attached hydrogens (tertiary/aromatic N) is 4. The Labute approximate surface area is 163 Å². The molecule has 2 fully saturated rings. The van der Waals surface area contributed by atoms with Crippen molar-refractivity contribution in [2.45, 2.75) is 58.2 Å². The molecule has 0 aliphatic carbocycles. The van der Waals surface area contributed by atoms with Gasteiger partial charge < -0.3 is 14.5 Å². The fourth-order valence-corrected chi connectivity index (χ4v) is 3.84. The van der Waals surface area contributed by atoms with Crippen LogP contribution in [0.3, 0.4) is 0 Å². The fourth-order valence-electron chi connectivity index (χ4n) is 3.84. The molecule has 1 spiro atoms. The summed E-state index contributed by atoms with van der Waals surface area (Å²) >= 11 is 0. The normalized spacial score (nSPS) is 20.4. The van der Waals surface area contributed by atoms with Crippen molar-refractivity contribution >= 4 is 11.9 Å². The molecule has 0 N–H and O–H groups in total. The van der Waals surface area contributed by atoms with E-state index in [0.717, 1.165) is 31.9 Å². The van der Waals surface area contributed by atoms with E-state index in [2.05, 4.69) is 9.97 Å². The van der Waals surface area contributed by atoms with Gasteiger partial charge in [-0.1, -0.05) is 0 Å². The Kier molecular flexibility index (Phi) is 5.46. The van der Waals surface area contributed by atoms with Gasteiger partial charge in [-0.3, -0.25) is 4.98 Å². The van der Waals surface area contributed by atoms with Crippen molar-refractivity contribution in [3.05, 3.63) is 18.1 Å². The fraction of sp³-hybridized carbons (Fsp3) is 0.737. The number of anilines is 1. The lowest BCUT2D eigenvalue weighted by atomic mass is 9.71. The van der Waals surface area contributed by atoms with Crippen LogP contribution in [-0.2, 0) is 10.9 Å². The van der Waals surface area contributed by atoms with E-state index in [1.807, 2.05) is 25.7 Å². The Balaban J connectivity index is 1.56. The molecule has 2 aliphatic heterocycles. The van der Waals surface area contributed by atoms with Crippen molar-refractivity contribution in [3.63, 3.8) is 0 Å². The van der Waals surface area contributed by atoms with E-state index in [9.17, 15) is 18.0 Å².